The minimum Gasteiger partial charge on any atom is -0.349 e. The predicted molar refractivity (Wildman–Crippen MR) is 143 cm³/mol. The number of nitrogens with zero attached hydrogens (tertiary/aromatic N) is 5. The average molecular weight is 549 g/mol. The van der Waals surface area contributed by atoms with E-state index in [-0.39, 0.29) is 35.7 Å². The predicted octanol–water partition coefficient (Wildman–Crippen LogP) is 5.03. The smallest absolute Gasteiger partial charge is 0.254 e. The molecule has 0 bridgehead atoms. The Hall–Kier alpha value is -3.41. The molecule has 2 aromatic heterocycles. The van der Waals surface area contributed by atoms with Crippen LogP contribution >= 0.6 is 23.2 Å². The molecule has 2 amide bonds. The van der Waals surface area contributed by atoms with Crippen LogP contribution in [0, 0.1) is 30.1 Å². The lowest BCUT2D eigenvalue weighted by atomic mass is 9.74. The SMILES string of the molecule is Cc1c([C@@H](C)n2cc(C(=O)NC3CC(c4cc(Cl)ccc4C#N)C3)cn2)cnc(N2C[C@H]3C[C@H]3C2=O)c1Cl. The number of amides is 2. The topological polar surface area (TPSA) is 104 Å². The highest BCUT2D eigenvalue weighted by molar-refractivity contribution is 6.34. The summed E-state index contributed by atoms with van der Waals surface area (Å²) in [5.74, 6) is 1.22. The molecule has 10 heteroatoms. The molecule has 3 aliphatic rings. The average Bonchev–Trinajstić information content (AvgIpc) is 3.33. The van der Waals surface area contributed by atoms with Gasteiger partial charge in [0.1, 0.15) is 0 Å². The van der Waals surface area contributed by atoms with Crippen molar-refractivity contribution >= 4 is 40.8 Å². The quantitative estimate of drug-likeness (QED) is 0.465. The van der Waals surface area contributed by atoms with Crippen molar-refractivity contribution in [1.82, 2.24) is 20.1 Å². The Morgan fingerprint density at radius 3 is 2.74 bits per heavy atom. The van der Waals surface area contributed by atoms with E-state index in [1.165, 1.54) is 0 Å². The van der Waals surface area contributed by atoms with Gasteiger partial charge in [-0.15, -0.1) is 0 Å². The van der Waals surface area contributed by atoms with E-state index in [2.05, 4.69) is 21.5 Å². The van der Waals surface area contributed by atoms with Crippen LogP contribution in [0.25, 0.3) is 0 Å². The van der Waals surface area contributed by atoms with Gasteiger partial charge in [-0.2, -0.15) is 10.4 Å². The summed E-state index contributed by atoms with van der Waals surface area (Å²) < 4.78 is 1.72. The molecule has 3 atom stereocenters. The summed E-state index contributed by atoms with van der Waals surface area (Å²) in [6.45, 7) is 4.57. The third kappa shape index (κ3) is 4.24. The number of fused-ring (bicyclic) bond motifs is 1. The molecule has 1 saturated heterocycles. The number of pyridine rings is 1. The number of nitrogens with one attached hydrogen (secondary N) is 1. The van der Waals surface area contributed by atoms with Gasteiger partial charge < -0.3 is 5.32 Å². The Labute approximate surface area is 230 Å². The van der Waals surface area contributed by atoms with Gasteiger partial charge in [-0.25, -0.2) is 4.98 Å². The highest BCUT2D eigenvalue weighted by atomic mass is 35.5. The van der Waals surface area contributed by atoms with E-state index in [1.807, 2.05) is 19.9 Å². The molecule has 2 aliphatic carbocycles. The van der Waals surface area contributed by atoms with Crippen LogP contribution in [0.3, 0.4) is 0 Å². The van der Waals surface area contributed by atoms with Crippen molar-refractivity contribution in [1.29, 1.82) is 5.26 Å². The summed E-state index contributed by atoms with van der Waals surface area (Å²) in [7, 11) is 0. The van der Waals surface area contributed by atoms with Crippen LogP contribution in [0.2, 0.25) is 10.0 Å². The third-order valence-electron chi connectivity index (χ3n) is 8.22. The van der Waals surface area contributed by atoms with Crippen LogP contribution in [0.15, 0.2) is 36.8 Å². The minimum absolute atomic E-state index is 0.0240. The van der Waals surface area contributed by atoms with Gasteiger partial charge in [-0.3, -0.25) is 19.2 Å². The molecule has 2 saturated carbocycles. The molecule has 194 valence electrons. The maximum absolute atomic E-state index is 12.9. The highest BCUT2D eigenvalue weighted by Crippen LogP contribution is 2.48. The monoisotopic (exact) mass is 548 g/mol. The molecule has 1 aliphatic heterocycles. The van der Waals surface area contributed by atoms with Crippen LogP contribution in [0.1, 0.15) is 70.8 Å². The fourth-order valence-electron chi connectivity index (χ4n) is 5.70. The standard InChI is InChI=1S/C28H26Cl2N6O2/c1-14-24(11-32-26(25(14)30)35-12-18-7-23(18)28(35)38)15(2)36-13-19(10-33-36)27(37)34-21-5-17(6-21)22-8-20(29)4-3-16(22)9-31/h3-4,8,10-11,13,15,17-18,21,23H,5-7,12H2,1-2H3,(H,34,37)/t15-,17?,18-,21?,23-/m1/s1. The van der Waals surface area contributed by atoms with Crippen LogP contribution in [-0.2, 0) is 4.79 Å². The Bertz CT molecular complexity index is 1510. The second-order valence-electron chi connectivity index (χ2n) is 10.6. The zero-order valence-electron chi connectivity index (χ0n) is 21.0. The Kier molecular flexibility index (Phi) is 6.16. The summed E-state index contributed by atoms with van der Waals surface area (Å²) in [6, 6.07) is 7.34. The van der Waals surface area contributed by atoms with Crippen molar-refractivity contribution in [2.24, 2.45) is 11.8 Å². The Morgan fingerprint density at radius 2 is 2.03 bits per heavy atom. The number of rotatable bonds is 6. The van der Waals surface area contributed by atoms with E-state index in [0.29, 0.717) is 39.5 Å². The molecule has 6 rings (SSSR count). The number of hydrogen-bond donors (Lipinski definition) is 1. The van der Waals surface area contributed by atoms with Crippen molar-refractivity contribution in [3.8, 4) is 6.07 Å². The lowest BCUT2D eigenvalue weighted by molar-refractivity contribution is -0.118. The van der Waals surface area contributed by atoms with E-state index in [0.717, 1.165) is 36.0 Å². The number of anilines is 1. The van der Waals surface area contributed by atoms with E-state index in [4.69, 9.17) is 23.2 Å². The summed E-state index contributed by atoms with van der Waals surface area (Å²) in [6.07, 6.45) is 7.51. The minimum atomic E-state index is -0.210. The fourth-order valence-corrected chi connectivity index (χ4v) is 6.14. The van der Waals surface area contributed by atoms with Gasteiger partial charge in [0.2, 0.25) is 5.91 Å². The van der Waals surface area contributed by atoms with Crippen LogP contribution < -0.4 is 10.2 Å². The van der Waals surface area contributed by atoms with Crippen LogP contribution in [-0.4, -0.2) is 39.2 Å². The molecule has 1 aromatic carbocycles. The molecule has 0 unspecified atom stereocenters. The molecule has 8 nitrogen and oxygen atoms in total. The molecule has 0 spiro atoms. The first-order chi connectivity index (χ1) is 18.2. The van der Waals surface area contributed by atoms with Gasteiger partial charge in [0.15, 0.2) is 5.82 Å². The molecule has 38 heavy (non-hydrogen) atoms. The van der Waals surface area contributed by atoms with Crippen molar-refractivity contribution < 1.29 is 9.59 Å². The summed E-state index contributed by atoms with van der Waals surface area (Å²) in [4.78, 5) is 31.7. The first kappa shape index (κ1) is 24.9. The highest BCUT2D eigenvalue weighted by Gasteiger charge is 2.53. The number of halogens is 2. The lowest BCUT2D eigenvalue weighted by Crippen LogP contribution is -2.43. The van der Waals surface area contributed by atoms with E-state index in [1.54, 1.807) is 40.3 Å². The summed E-state index contributed by atoms with van der Waals surface area (Å²) in [5, 5.41) is 18.0. The van der Waals surface area contributed by atoms with Crippen LogP contribution in [0.5, 0.6) is 0 Å². The van der Waals surface area contributed by atoms with E-state index in [9.17, 15) is 14.9 Å². The molecule has 3 aromatic rings. The third-order valence-corrected chi connectivity index (χ3v) is 8.91. The number of nitriles is 1. The molecule has 3 heterocycles. The van der Waals surface area contributed by atoms with Gasteiger partial charge in [-0.05, 0) is 79.8 Å². The number of carbonyl (C=O) groups excluding carboxylic acids is 2. The first-order valence-electron chi connectivity index (χ1n) is 12.8. The zero-order chi connectivity index (χ0) is 26.7. The lowest BCUT2D eigenvalue weighted by Gasteiger charge is -2.36. The van der Waals surface area contributed by atoms with Crippen molar-refractivity contribution in [3.05, 3.63) is 74.7 Å². The summed E-state index contributed by atoms with van der Waals surface area (Å²) in [5.41, 5.74) is 3.75. The number of piperidine rings is 1. The molecular formula is C28H26Cl2N6O2. The second-order valence-corrected chi connectivity index (χ2v) is 11.4. The molecular weight excluding hydrogens is 523 g/mol. The summed E-state index contributed by atoms with van der Waals surface area (Å²) >= 11 is 12.8. The molecule has 0 radical (unpaired) electrons. The number of benzene rings is 1. The fraction of sp³-hybridized carbons (Fsp3) is 0.393. The Morgan fingerprint density at radius 1 is 1.24 bits per heavy atom. The van der Waals surface area contributed by atoms with Crippen molar-refractivity contribution in [2.45, 2.75) is 51.1 Å². The van der Waals surface area contributed by atoms with Crippen LogP contribution in [0.4, 0.5) is 5.82 Å². The van der Waals surface area contributed by atoms with Crippen molar-refractivity contribution in [3.63, 3.8) is 0 Å². The van der Waals surface area contributed by atoms with Gasteiger partial charge in [0.25, 0.3) is 5.91 Å². The number of hydrogen-bond acceptors (Lipinski definition) is 5. The largest absolute Gasteiger partial charge is 0.349 e. The van der Waals surface area contributed by atoms with Gasteiger partial charge in [0.05, 0.1) is 34.5 Å². The zero-order valence-corrected chi connectivity index (χ0v) is 22.5. The maximum atomic E-state index is 12.9. The van der Waals surface area contributed by atoms with Gasteiger partial charge in [0, 0.05) is 35.9 Å². The van der Waals surface area contributed by atoms with Gasteiger partial charge >= 0.3 is 0 Å². The normalized spacial score (nSPS) is 24.4. The number of aromatic nitrogens is 3. The Balaban J connectivity index is 1.11. The first-order valence-corrected chi connectivity index (χ1v) is 13.5. The molecule has 3 fully saturated rings. The maximum Gasteiger partial charge on any atom is 0.254 e. The van der Waals surface area contributed by atoms with E-state index < -0.39 is 0 Å². The van der Waals surface area contributed by atoms with Crippen molar-refractivity contribution in [2.75, 3.05) is 11.4 Å². The van der Waals surface area contributed by atoms with Gasteiger partial charge in [-0.1, -0.05) is 23.2 Å². The number of carbonyl (C=O) groups is 2. The second kappa shape index (κ2) is 9.40. The molecule has 1 N–H and O–H groups in total. The van der Waals surface area contributed by atoms with E-state index >= 15 is 0 Å².